The number of methoxy groups -OCH3 is 1. The Morgan fingerprint density at radius 1 is 1.14 bits per heavy atom. The van der Waals surface area contributed by atoms with E-state index >= 15 is 0 Å². The number of fused-ring (bicyclic) bond motifs is 1. The smallest absolute Gasteiger partial charge is 0.257 e. The summed E-state index contributed by atoms with van der Waals surface area (Å²) in [4.78, 5) is 21.8. The molecule has 2 heterocycles. The third-order valence-corrected chi connectivity index (χ3v) is 4.58. The first-order valence-electron chi connectivity index (χ1n) is 8.65. The summed E-state index contributed by atoms with van der Waals surface area (Å²) in [7, 11) is 1.62. The highest BCUT2D eigenvalue weighted by atomic mass is 35.5. The zero-order valence-corrected chi connectivity index (χ0v) is 16.1. The van der Waals surface area contributed by atoms with E-state index in [1.165, 1.54) is 10.6 Å². The van der Waals surface area contributed by atoms with Crippen molar-refractivity contribution in [1.29, 1.82) is 0 Å². The van der Waals surface area contributed by atoms with Crippen molar-refractivity contribution in [2.45, 2.75) is 13.1 Å². The fraction of sp³-hybridized carbons (Fsp3) is 0.150. The molecule has 0 aliphatic carbocycles. The van der Waals surface area contributed by atoms with Gasteiger partial charge in [-0.3, -0.25) is 14.7 Å². The molecule has 0 saturated heterocycles. The number of hydrogen-bond donors (Lipinski definition) is 2. The van der Waals surface area contributed by atoms with Gasteiger partial charge in [0.15, 0.2) is 6.17 Å². The second-order valence-corrected chi connectivity index (χ2v) is 6.75. The molecule has 0 radical (unpaired) electrons. The van der Waals surface area contributed by atoms with Crippen molar-refractivity contribution in [2.75, 3.05) is 17.7 Å². The van der Waals surface area contributed by atoms with Crippen LogP contribution in [0.5, 0.6) is 5.75 Å². The van der Waals surface area contributed by atoms with Gasteiger partial charge >= 0.3 is 0 Å². The summed E-state index contributed by atoms with van der Waals surface area (Å²) >= 11 is 6.01. The molecule has 2 N–H and O–H groups in total. The molecule has 0 unspecified atom stereocenters. The molecule has 7 nitrogen and oxygen atoms in total. The lowest BCUT2D eigenvalue weighted by molar-refractivity contribution is 0.415. The lowest BCUT2D eigenvalue weighted by Gasteiger charge is -2.27. The topological polar surface area (TPSA) is 80.5 Å². The maximum absolute atomic E-state index is 12.6. The summed E-state index contributed by atoms with van der Waals surface area (Å²) in [5.74, 6) is 1.68. The Morgan fingerprint density at radius 2 is 1.86 bits per heavy atom. The summed E-state index contributed by atoms with van der Waals surface area (Å²) in [5.41, 5.74) is 2.10. The molecule has 8 heteroatoms. The van der Waals surface area contributed by atoms with E-state index in [1.54, 1.807) is 26.2 Å². The van der Waals surface area contributed by atoms with Gasteiger partial charge in [0.25, 0.3) is 5.56 Å². The largest absolute Gasteiger partial charge is 0.497 e. The third-order valence-electron chi connectivity index (χ3n) is 4.33. The van der Waals surface area contributed by atoms with E-state index in [1.807, 2.05) is 36.4 Å². The van der Waals surface area contributed by atoms with Crippen LogP contribution in [0.1, 0.15) is 17.4 Å². The number of hydrogen-bond acceptors (Lipinski definition) is 6. The van der Waals surface area contributed by atoms with Gasteiger partial charge < -0.3 is 10.1 Å². The van der Waals surface area contributed by atoms with Crippen molar-refractivity contribution in [3.8, 4) is 5.75 Å². The molecule has 142 valence electrons. The summed E-state index contributed by atoms with van der Waals surface area (Å²) in [6.07, 6.45) is -0.560. The van der Waals surface area contributed by atoms with Gasteiger partial charge in [-0.1, -0.05) is 23.7 Å². The van der Waals surface area contributed by atoms with Crippen LogP contribution in [0.2, 0.25) is 5.02 Å². The zero-order valence-electron chi connectivity index (χ0n) is 15.3. The molecule has 0 saturated carbocycles. The fourth-order valence-corrected chi connectivity index (χ4v) is 3.11. The molecule has 1 aliphatic heterocycles. The van der Waals surface area contributed by atoms with Crippen LogP contribution in [-0.4, -0.2) is 22.6 Å². The third kappa shape index (κ3) is 3.57. The second-order valence-electron chi connectivity index (χ2n) is 6.31. The monoisotopic (exact) mass is 395 g/mol. The standard InChI is InChI=1S/C20H18ClN5O2/c1-12-11-17(27)26-18(13-3-5-14(21)6-4-13)24-19(25-20(26)22-12)23-15-7-9-16(28-2)10-8-15/h3-11,18H,1-2H3,(H2,22,23,24,25)/t18-/m1/s1. The molecule has 0 bridgehead atoms. The number of nitrogens with zero attached hydrogens (tertiary/aromatic N) is 3. The van der Waals surface area contributed by atoms with E-state index in [0.29, 0.717) is 22.6 Å². The molecule has 0 amide bonds. The number of aromatic nitrogens is 2. The van der Waals surface area contributed by atoms with Crippen LogP contribution in [0.3, 0.4) is 0 Å². The summed E-state index contributed by atoms with van der Waals surface area (Å²) in [6, 6.07) is 16.2. The van der Waals surface area contributed by atoms with Gasteiger partial charge in [-0.25, -0.2) is 9.98 Å². The molecule has 1 aromatic heterocycles. The zero-order chi connectivity index (χ0) is 19.7. The van der Waals surface area contributed by atoms with E-state index in [9.17, 15) is 4.79 Å². The Hall–Kier alpha value is -3.32. The lowest BCUT2D eigenvalue weighted by Crippen LogP contribution is -2.37. The average molecular weight is 396 g/mol. The normalized spacial score (nSPS) is 15.2. The Labute approximate surface area is 166 Å². The van der Waals surface area contributed by atoms with Crippen molar-refractivity contribution in [2.24, 2.45) is 4.99 Å². The molecule has 4 rings (SSSR count). The first kappa shape index (κ1) is 18.1. The van der Waals surface area contributed by atoms with E-state index in [2.05, 4.69) is 15.6 Å². The first-order chi connectivity index (χ1) is 13.5. The van der Waals surface area contributed by atoms with Crippen LogP contribution in [0.15, 0.2) is 64.4 Å². The number of nitrogens with one attached hydrogen (secondary N) is 2. The van der Waals surface area contributed by atoms with Gasteiger partial charge in [0.1, 0.15) is 5.75 Å². The van der Waals surface area contributed by atoms with Gasteiger partial charge in [-0.15, -0.1) is 0 Å². The maximum atomic E-state index is 12.6. The van der Waals surface area contributed by atoms with Crippen LogP contribution in [0, 0.1) is 6.92 Å². The van der Waals surface area contributed by atoms with E-state index < -0.39 is 6.17 Å². The molecule has 0 spiro atoms. The Morgan fingerprint density at radius 3 is 2.54 bits per heavy atom. The highest BCUT2D eigenvalue weighted by molar-refractivity contribution is 6.30. The Bertz CT molecular complexity index is 1090. The van der Waals surface area contributed by atoms with Crippen molar-refractivity contribution in [3.63, 3.8) is 0 Å². The minimum Gasteiger partial charge on any atom is -0.497 e. The highest BCUT2D eigenvalue weighted by Gasteiger charge is 2.25. The molecule has 1 aliphatic rings. The van der Waals surface area contributed by atoms with Crippen LogP contribution in [0.4, 0.5) is 11.6 Å². The Balaban J connectivity index is 1.75. The fourth-order valence-electron chi connectivity index (χ4n) is 2.98. The van der Waals surface area contributed by atoms with Gasteiger partial charge in [-0.2, -0.15) is 0 Å². The first-order valence-corrected chi connectivity index (χ1v) is 9.03. The molecular weight excluding hydrogens is 378 g/mol. The number of aryl methyl sites for hydroxylation is 1. The molecule has 1 atom stereocenters. The molecule has 2 aromatic carbocycles. The van der Waals surface area contributed by atoms with Gasteiger partial charge in [0, 0.05) is 22.5 Å². The number of ether oxygens (including phenoxy) is 1. The highest BCUT2D eigenvalue weighted by Crippen LogP contribution is 2.27. The van der Waals surface area contributed by atoms with Crippen LogP contribution in [0.25, 0.3) is 0 Å². The Kier molecular flexibility index (Phi) is 4.75. The van der Waals surface area contributed by atoms with E-state index in [4.69, 9.17) is 21.3 Å². The number of halogens is 1. The SMILES string of the molecule is COc1ccc(NC2=N[C@@H](c3ccc(Cl)cc3)n3c(nc(C)cc3=O)N2)cc1. The predicted molar refractivity (Wildman–Crippen MR) is 110 cm³/mol. The molecule has 3 aromatic rings. The maximum Gasteiger partial charge on any atom is 0.257 e. The van der Waals surface area contributed by atoms with Gasteiger partial charge in [0.2, 0.25) is 11.9 Å². The summed E-state index contributed by atoms with van der Waals surface area (Å²) in [6.45, 7) is 1.78. The van der Waals surface area contributed by atoms with Crippen LogP contribution < -0.4 is 20.9 Å². The van der Waals surface area contributed by atoms with E-state index in [0.717, 1.165) is 17.0 Å². The number of rotatable bonds is 3. The van der Waals surface area contributed by atoms with Crippen LogP contribution in [-0.2, 0) is 0 Å². The van der Waals surface area contributed by atoms with Crippen LogP contribution >= 0.6 is 11.6 Å². The number of anilines is 2. The molecule has 28 heavy (non-hydrogen) atoms. The molecular formula is C20H18ClN5O2. The van der Waals surface area contributed by atoms with Crippen molar-refractivity contribution < 1.29 is 4.74 Å². The predicted octanol–water partition coefficient (Wildman–Crippen LogP) is 3.65. The van der Waals surface area contributed by atoms with Gasteiger partial charge in [0.05, 0.1) is 7.11 Å². The lowest BCUT2D eigenvalue weighted by atomic mass is 10.1. The average Bonchev–Trinajstić information content (AvgIpc) is 2.68. The van der Waals surface area contributed by atoms with Gasteiger partial charge in [-0.05, 0) is 48.9 Å². The number of aliphatic imine (C=N–C) groups is 1. The van der Waals surface area contributed by atoms with Crippen molar-refractivity contribution in [1.82, 2.24) is 9.55 Å². The summed E-state index contributed by atoms with van der Waals surface area (Å²) in [5, 5.41) is 6.94. The molecule has 0 fully saturated rings. The quantitative estimate of drug-likeness (QED) is 0.707. The number of benzene rings is 2. The van der Waals surface area contributed by atoms with Crippen molar-refractivity contribution in [3.05, 3.63) is 81.2 Å². The summed E-state index contributed by atoms with van der Waals surface area (Å²) < 4.78 is 6.71. The minimum atomic E-state index is -0.560. The second kappa shape index (κ2) is 7.36. The van der Waals surface area contributed by atoms with E-state index in [-0.39, 0.29) is 5.56 Å². The van der Waals surface area contributed by atoms with Crippen molar-refractivity contribution >= 4 is 29.2 Å². The number of guanidine groups is 1. The minimum absolute atomic E-state index is 0.179.